The van der Waals surface area contributed by atoms with Crippen LogP contribution in [0.5, 0.6) is 5.75 Å². The summed E-state index contributed by atoms with van der Waals surface area (Å²) < 4.78 is 17.8. The zero-order chi connectivity index (χ0) is 15.4. The van der Waals surface area contributed by atoms with Crippen LogP contribution in [-0.2, 0) is 4.74 Å². The van der Waals surface area contributed by atoms with E-state index in [9.17, 15) is 19.1 Å². The molecule has 21 heavy (non-hydrogen) atoms. The molecule has 0 amide bonds. The fourth-order valence-corrected chi connectivity index (χ4v) is 1.80. The van der Waals surface area contributed by atoms with Crippen LogP contribution in [0.1, 0.15) is 20.7 Å². The number of halogens is 2. The van der Waals surface area contributed by atoms with Crippen LogP contribution in [0.2, 0.25) is 5.02 Å². The highest BCUT2D eigenvalue weighted by molar-refractivity contribution is 6.31. The normalized spacial score (nSPS) is 10.2. The minimum atomic E-state index is -0.889. The Kier molecular flexibility index (Phi) is 4.55. The molecule has 0 heterocycles. The molecule has 0 radical (unpaired) electrons. The van der Waals surface area contributed by atoms with Crippen LogP contribution in [-0.4, -0.2) is 23.5 Å². The third-order valence-corrected chi connectivity index (χ3v) is 2.89. The summed E-state index contributed by atoms with van der Waals surface area (Å²) >= 11 is 5.71. The van der Waals surface area contributed by atoms with Crippen LogP contribution in [0, 0.1) is 5.82 Å². The standard InChI is InChI=1S/C15H10ClFO4/c16-10-4-5-13(18)12(7-10)15(20)21-8-14(19)9-2-1-3-11(17)6-9/h1-7,18H,8H2. The molecule has 108 valence electrons. The number of hydrogen-bond donors (Lipinski definition) is 1. The molecular formula is C15H10ClFO4. The van der Waals surface area contributed by atoms with Gasteiger partial charge in [0.2, 0.25) is 0 Å². The van der Waals surface area contributed by atoms with Crippen LogP contribution in [0.25, 0.3) is 0 Å². The minimum Gasteiger partial charge on any atom is -0.507 e. The molecule has 0 saturated carbocycles. The van der Waals surface area contributed by atoms with Crippen molar-refractivity contribution in [2.24, 2.45) is 0 Å². The van der Waals surface area contributed by atoms with E-state index in [1.54, 1.807) is 0 Å². The van der Waals surface area contributed by atoms with Gasteiger partial charge in [-0.15, -0.1) is 0 Å². The lowest BCUT2D eigenvalue weighted by atomic mass is 10.1. The van der Waals surface area contributed by atoms with Gasteiger partial charge in [0.05, 0.1) is 0 Å². The number of aromatic hydroxyl groups is 1. The van der Waals surface area contributed by atoms with Crippen molar-refractivity contribution < 1.29 is 23.8 Å². The number of phenols is 1. The lowest BCUT2D eigenvalue weighted by Crippen LogP contribution is -2.14. The Bertz CT molecular complexity index is 700. The molecule has 0 fully saturated rings. The van der Waals surface area contributed by atoms with E-state index in [1.807, 2.05) is 0 Å². The number of Topliss-reactive ketones (excluding diaryl/α,β-unsaturated/α-hetero) is 1. The zero-order valence-corrected chi connectivity index (χ0v) is 11.4. The quantitative estimate of drug-likeness (QED) is 0.696. The fraction of sp³-hybridized carbons (Fsp3) is 0.0667. The number of benzene rings is 2. The predicted molar refractivity (Wildman–Crippen MR) is 74.1 cm³/mol. The summed E-state index contributed by atoms with van der Waals surface area (Å²) in [6.07, 6.45) is 0. The summed E-state index contributed by atoms with van der Waals surface area (Å²) in [5, 5.41) is 9.78. The Morgan fingerprint density at radius 2 is 1.95 bits per heavy atom. The van der Waals surface area contributed by atoms with E-state index in [4.69, 9.17) is 16.3 Å². The molecule has 0 bridgehead atoms. The van der Waals surface area contributed by atoms with Gasteiger partial charge < -0.3 is 9.84 Å². The molecule has 2 aromatic carbocycles. The average molecular weight is 309 g/mol. The summed E-state index contributed by atoms with van der Waals surface area (Å²) in [5.74, 6) is -2.30. The summed E-state index contributed by atoms with van der Waals surface area (Å²) in [5.41, 5.74) is -0.0485. The topological polar surface area (TPSA) is 63.6 Å². The van der Waals surface area contributed by atoms with Gasteiger partial charge in [0, 0.05) is 10.6 Å². The molecule has 0 aromatic heterocycles. The molecule has 0 spiro atoms. The Labute approximate surface area is 124 Å². The van der Waals surface area contributed by atoms with Crippen molar-refractivity contribution in [1.82, 2.24) is 0 Å². The van der Waals surface area contributed by atoms with E-state index >= 15 is 0 Å². The number of hydrogen-bond acceptors (Lipinski definition) is 4. The van der Waals surface area contributed by atoms with Crippen LogP contribution < -0.4 is 0 Å². The number of ether oxygens (including phenoxy) is 1. The molecule has 0 aliphatic rings. The Hall–Kier alpha value is -2.40. The first-order valence-corrected chi connectivity index (χ1v) is 6.29. The van der Waals surface area contributed by atoms with Gasteiger partial charge in [-0.3, -0.25) is 4.79 Å². The Morgan fingerprint density at radius 1 is 1.19 bits per heavy atom. The summed E-state index contributed by atoms with van der Waals surface area (Å²) in [7, 11) is 0. The first kappa shape index (κ1) is 15.0. The number of ketones is 1. The van der Waals surface area contributed by atoms with Crippen molar-refractivity contribution >= 4 is 23.4 Å². The van der Waals surface area contributed by atoms with E-state index < -0.39 is 24.2 Å². The largest absolute Gasteiger partial charge is 0.507 e. The summed E-state index contributed by atoms with van der Waals surface area (Å²) in [6, 6.07) is 8.92. The first-order valence-electron chi connectivity index (χ1n) is 5.92. The highest BCUT2D eigenvalue weighted by Crippen LogP contribution is 2.22. The zero-order valence-electron chi connectivity index (χ0n) is 10.7. The van der Waals surface area contributed by atoms with E-state index in [0.29, 0.717) is 0 Å². The second-order valence-corrected chi connectivity index (χ2v) is 4.61. The molecule has 0 aliphatic heterocycles. The molecule has 0 unspecified atom stereocenters. The van der Waals surface area contributed by atoms with Crippen molar-refractivity contribution in [3.63, 3.8) is 0 Å². The second-order valence-electron chi connectivity index (χ2n) is 4.17. The fourth-order valence-electron chi connectivity index (χ4n) is 1.63. The molecule has 2 rings (SSSR count). The number of carbonyl (C=O) groups excluding carboxylic acids is 2. The highest BCUT2D eigenvalue weighted by Gasteiger charge is 2.16. The molecule has 2 aromatic rings. The lowest BCUT2D eigenvalue weighted by Gasteiger charge is -2.06. The van der Waals surface area contributed by atoms with Crippen molar-refractivity contribution in [2.75, 3.05) is 6.61 Å². The van der Waals surface area contributed by atoms with Gasteiger partial charge in [0.15, 0.2) is 12.4 Å². The maximum Gasteiger partial charge on any atom is 0.342 e. The maximum absolute atomic E-state index is 13.0. The smallest absolute Gasteiger partial charge is 0.342 e. The summed E-state index contributed by atoms with van der Waals surface area (Å²) in [4.78, 5) is 23.5. The van der Waals surface area contributed by atoms with Crippen LogP contribution >= 0.6 is 11.6 Å². The van der Waals surface area contributed by atoms with Gasteiger partial charge in [0.1, 0.15) is 17.1 Å². The van der Waals surface area contributed by atoms with Crippen molar-refractivity contribution in [1.29, 1.82) is 0 Å². The maximum atomic E-state index is 13.0. The van der Waals surface area contributed by atoms with Gasteiger partial charge >= 0.3 is 5.97 Å². The third kappa shape index (κ3) is 3.79. The van der Waals surface area contributed by atoms with Crippen molar-refractivity contribution in [2.45, 2.75) is 0 Å². The molecule has 1 N–H and O–H groups in total. The molecule has 0 atom stereocenters. The number of phenolic OH excluding ortho intramolecular Hbond substituents is 1. The van der Waals surface area contributed by atoms with Crippen molar-refractivity contribution in [3.8, 4) is 5.75 Å². The molecule has 0 aliphatic carbocycles. The SMILES string of the molecule is O=C(COC(=O)c1cc(Cl)ccc1O)c1cccc(F)c1. The number of esters is 1. The molecule has 4 nitrogen and oxygen atoms in total. The van der Waals surface area contributed by atoms with Gasteiger partial charge in [0.25, 0.3) is 0 Å². The van der Waals surface area contributed by atoms with E-state index in [0.717, 1.165) is 6.07 Å². The third-order valence-electron chi connectivity index (χ3n) is 2.66. The van der Waals surface area contributed by atoms with Crippen molar-refractivity contribution in [3.05, 3.63) is 64.4 Å². The highest BCUT2D eigenvalue weighted by atomic mass is 35.5. The second kappa shape index (κ2) is 6.37. The monoisotopic (exact) mass is 308 g/mol. The lowest BCUT2D eigenvalue weighted by molar-refractivity contribution is 0.0472. The van der Waals surface area contributed by atoms with Crippen LogP contribution in [0.3, 0.4) is 0 Å². The van der Waals surface area contributed by atoms with Gasteiger partial charge in [-0.1, -0.05) is 23.7 Å². The predicted octanol–water partition coefficient (Wildman–Crippen LogP) is 3.22. The van der Waals surface area contributed by atoms with Gasteiger partial charge in [-0.05, 0) is 30.3 Å². The molecule has 6 heteroatoms. The van der Waals surface area contributed by atoms with Crippen LogP contribution in [0.4, 0.5) is 4.39 Å². The van der Waals surface area contributed by atoms with Crippen LogP contribution in [0.15, 0.2) is 42.5 Å². The minimum absolute atomic E-state index is 0.0955. The summed E-state index contributed by atoms with van der Waals surface area (Å²) in [6.45, 7) is -0.561. The van der Waals surface area contributed by atoms with Gasteiger partial charge in [-0.25, -0.2) is 9.18 Å². The number of rotatable bonds is 4. The van der Waals surface area contributed by atoms with Gasteiger partial charge in [-0.2, -0.15) is 0 Å². The Morgan fingerprint density at radius 3 is 2.67 bits per heavy atom. The average Bonchev–Trinajstić information content (AvgIpc) is 2.47. The molecular weight excluding hydrogens is 299 g/mol. The van der Waals surface area contributed by atoms with E-state index in [2.05, 4.69) is 0 Å². The first-order chi connectivity index (χ1) is 9.97. The number of carbonyl (C=O) groups is 2. The van der Waals surface area contributed by atoms with E-state index in [1.165, 1.54) is 36.4 Å². The van der Waals surface area contributed by atoms with E-state index in [-0.39, 0.29) is 21.9 Å². The molecule has 0 saturated heterocycles. The Balaban J connectivity index is 2.04.